The van der Waals surface area contributed by atoms with Crippen molar-refractivity contribution in [3.8, 4) is 16.9 Å². The molecule has 2 aromatic carbocycles. The highest BCUT2D eigenvalue weighted by Gasteiger charge is 2.26. The highest BCUT2D eigenvalue weighted by molar-refractivity contribution is 14.1. The van der Waals surface area contributed by atoms with Gasteiger partial charge in [0.15, 0.2) is 0 Å². The van der Waals surface area contributed by atoms with Crippen LogP contribution in [0.4, 0.5) is 0 Å². The molecule has 0 spiro atoms. The fraction of sp³-hybridized carbons (Fsp3) is 0.294. The molecular formula is C17H19IO2S. The van der Waals surface area contributed by atoms with Crippen LogP contribution >= 0.6 is 22.6 Å². The molecule has 0 saturated heterocycles. The smallest absolute Gasteiger partial charge is 0.127 e. The van der Waals surface area contributed by atoms with E-state index in [0.717, 1.165) is 25.3 Å². The van der Waals surface area contributed by atoms with E-state index < -0.39 is 10.8 Å². The van der Waals surface area contributed by atoms with Crippen molar-refractivity contribution in [3.05, 3.63) is 46.0 Å². The van der Waals surface area contributed by atoms with Gasteiger partial charge in [-0.2, -0.15) is 0 Å². The monoisotopic (exact) mass is 414 g/mol. The average Bonchev–Trinajstić information content (AvgIpc) is 2.45. The Morgan fingerprint density at radius 3 is 2.29 bits per heavy atom. The van der Waals surface area contributed by atoms with E-state index in [-0.39, 0.29) is 4.75 Å². The van der Waals surface area contributed by atoms with Crippen LogP contribution in [0.5, 0.6) is 5.75 Å². The van der Waals surface area contributed by atoms with Crippen molar-refractivity contribution in [2.24, 2.45) is 0 Å². The largest absolute Gasteiger partial charge is 0.496 e. The zero-order chi connectivity index (χ0) is 15.6. The minimum Gasteiger partial charge on any atom is -0.496 e. The van der Waals surface area contributed by atoms with Crippen LogP contribution in [0, 0.1) is 3.57 Å². The lowest BCUT2D eigenvalue weighted by Crippen LogP contribution is -2.22. The highest BCUT2D eigenvalue weighted by Crippen LogP contribution is 2.39. The van der Waals surface area contributed by atoms with Gasteiger partial charge in [-0.1, -0.05) is 24.3 Å². The van der Waals surface area contributed by atoms with E-state index in [9.17, 15) is 4.21 Å². The van der Waals surface area contributed by atoms with Gasteiger partial charge in [0.2, 0.25) is 0 Å². The van der Waals surface area contributed by atoms with Crippen molar-refractivity contribution in [1.82, 2.24) is 0 Å². The first-order valence-electron chi connectivity index (χ1n) is 6.70. The fourth-order valence-electron chi connectivity index (χ4n) is 2.09. The Morgan fingerprint density at radius 1 is 1.05 bits per heavy atom. The highest BCUT2D eigenvalue weighted by atomic mass is 127. The van der Waals surface area contributed by atoms with Gasteiger partial charge in [-0.3, -0.25) is 4.21 Å². The average molecular weight is 414 g/mol. The molecule has 2 aromatic rings. The van der Waals surface area contributed by atoms with Crippen LogP contribution in [-0.4, -0.2) is 16.1 Å². The van der Waals surface area contributed by atoms with Gasteiger partial charge in [0.05, 0.1) is 22.8 Å². The third-order valence-corrected chi connectivity index (χ3v) is 5.90. The van der Waals surface area contributed by atoms with E-state index in [1.54, 1.807) is 7.11 Å². The van der Waals surface area contributed by atoms with Crippen LogP contribution in [0.3, 0.4) is 0 Å². The van der Waals surface area contributed by atoms with Gasteiger partial charge >= 0.3 is 0 Å². The van der Waals surface area contributed by atoms with E-state index >= 15 is 0 Å². The molecule has 0 bridgehead atoms. The summed E-state index contributed by atoms with van der Waals surface area (Å²) in [6, 6.07) is 13.8. The van der Waals surface area contributed by atoms with Crippen molar-refractivity contribution in [1.29, 1.82) is 0 Å². The summed E-state index contributed by atoms with van der Waals surface area (Å²) in [4.78, 5) is 0.825. The van der Waals surface area contributed by atoms with Crippen molar-refractivity contribution in [2.45, 2.75) is 30.4 Å². The molecule has 4 heteroatoms. The molecule has 0 aliphatic heterocycles. The van der Waals surface area contributed by atoms with Crippen LogP contribution in [0.2, 0.25) is 0 Å². The molecule has 2 rings (SSSR count). The number of benzene rings is 2. The summed E-state index contributed by atoms with van der Waals surface area (Å²) < 4.78 is 19.2. The van der Waals surface area contributed by atoms with Crippen molar-refractivity contribution < 1.29 is 8.95 Å². The predicted octanol–water partition coefficient (Wildman–Crippen LogP) is 4.87. The number of ether oxygens (including phenoxy) is 1. The molecule has 0 radical (unpaired) electrons. The summed E-state index contributed by atoms with van der Waals surface area (Å²) in [7, 11) is 0.535. The molecule has 1 atom stereocenters. The summed E-state index contributed by atoms with van der Waals surface area (Å²) >= 11 is 2.30. The summed E-state index contributed by atoms with van der Waals surface area (Å²) in [5, 5.41) is 0. The van der Waals surface area contributed by atoms with Crippen LogP contribution < -0.4 is 4.74 Å². The first-order chi connectivity index (χ1) is 9.86. The first-order valence-corrected chi connectivity index (χ1v) is 8.93. The molecule has 112 valence electrons. The van der Waals surface area contributed by atoms with Gasteiger partial charge in [-0.05, 0) is 67.1 Å². The Balaban J connectivity index is 2.74. The fourth-order valence-corrected chi connectivity index (χ4v) is 4.01. The van der Waals surface area contributed by atoms with E-state index in [2.05, 4.69) is 22.6 Å². The lowest BCUT2D eigenvalue weighted by Gasteiger charge is -2.22. The Kier molecular flexibility index (Phi) is 5.09. The minimum atomic E-state index is -1.12. The van der Waals surface area contributed by atoms with Gasteiger partial charge < -0.3 is 4.74 Å². The Hall–Kier alpha value is -0.880. The number of hydrogen-bond acceptors (Lipinski definition) is 2. The minimum absolute atomic E-state index is 0.318. The molecule has 0 aliphatic carbocycles. The van der Waals surface area contributed by atoms with Crippen LogP contribution in [0.1, 0.15) is 20.8 Å². The second-order valence-electron chi connectivity index (χ2n) is 5.69. The number of halogens is 1. The quantitative estimate of drug-likeness (QED) is 0.670. The maximum Gasteiger partial charge on any atom is 0.127 e. The van der Waals surface area contributed by atoms with Gasteiger partial charge in [0, 0.05) is 13.9 Å². The molecule has 2 nitrogen and oxygen atoms in total. The normalized spacial score (nSPS) is 13.0. The Morgan fingerprint density at radius 2 is 1.71 bits per heavy atom. The predicted molar refractivity (Wildman–Crippen MR) is 97.3 cm³/mol. The van der Waals surface area contributed by atoms with Crippen LogP contribution in [0.25, 0.3) is 11.1 Å². The van der Waals surface area contributed by atoms with Crippen LogP contribution in [0.15, 0.2) is 47.4 Å². The van der Waals surface area contributed by atoms with Crippen LogP contribution in [-0.2, 0) is 10.8 Å². The van der Waals surface area contributed by atoms with Crippen molar-refractivity contribution in [3.63, 3.8) is 0 Å². The topological polar surface area (TPSA) is 26.3 Å². The molecular weight excluding hydrogens is 395 g/mol. The summed E-state index contributed by atoms with van der Waals surface area (Å²) in [5.74, 6) is 0.759. The first kappa shape index (κ1) is 16.5. The molecule has 0 saturated carbocycles. The van der Waals surface area contributed by atoms with E-state index in [1.807, 2.05) is 63.2 Å². The Labute approximate surface area is 142 Å². The maximum atomic E-state index is 12.9. The molecule has 0 aliphatic rings. The zero-order valence-electron chi connectivity index (χ0n) is 12.6. The molecule has 1 unspecified atom stereocenters. The SMILES string of the molecule is COc1cccc(S(=O)C(C)(C)C)c1-c1ccccc1I. The third-order valence-electron chi connectivity index (χ3n) is 3.11. The van der Waals surface area contributed by atoms with Gasteiger partial charge in [0.25, 0.3) is 0 Å². The van der Waals surface area contributed by atoms with E-state index in [1.165, 1.54) is 0 Å². The summed E-state index contributed by atoms with van der Waals surface area (Å²) in [6.07, 6.45) is 0. The molecule has 0 aromatic heterocycles. The molecule has 0 fully saturated rings. The lowest BCUT2D eigenvalue weighted by atomic mass is 10.0. The van der Waals surface area contributed by atoms with Crippen molar-refractivity contribution in [2.75, 3.05) is 7.11 Å². The van der Waals surface area contributed by atoms with Crippen molar-refractivity contribution >= 4 is 33.4 Å². The maximum absolute atomic E-state index is 12.9. The lowest BCUT2D eigenvalue weighted by molar-refractivity contribution is 0.415. The van der Waals surface area contributed by atoms with E-state index in [0.29, 0.717) is 0 Å². The van der Waals surface area contributed by atoms with E-state index in [4.69, 9.17) is 4.74 Å². The Bertz CT molecular complexity index is 675. The second-order valence-corrected chi connectivity index (χ2v) is 9.06. The third kappa shape index (κ3) is 3.48. The van der Waals surface area contributed by atoms with Gasteiger partial charge in [-0.25, -0.2) is 0 Å². The van der Waals surface area contributed by atoms with Gasteiger partial charge in [0.1, 0.15) is 5.75 Å². The summed E-state index contributed by atoms with van der Waals surface area (Å²) in [6.45, 7) is 5.97. The molecule has 0 N–H and O–H groups in total. The number of rotatable bonds is 3. The molecule has 0 amide bonds. The molecule has 0 heterocycles. The summed E-state index contributed by atoms with van der Waals surface area (Å²) in [5.41, 5.74) is 1.99. The zero-order valence-corrected chi connectivity index (χ0v) is 15.6. The molecule has 21 heavy (non-hydrogen) atoms. The van der Waals surface area contributed by atoms with Gasteiger partial charge in [-0.15, -0.1) is 0 Å². The second kappa shape index (κ2) is 6.48. The number of methoxy groups -OCH3 is 1. The number of hydrogen-bond donors (Lipinski definition) is 0. The standard InChI is InChI=1S/C17H19IO2S/c1-17(2,3)21(19)15-11-7-10-14(20-4)16(15)12-8-5-6-9-13(12)18/h5-11H,1-4H3.